The van der Waals surface area contributed by atoms with Gasteiger partial charge in [-0.05, 0) is 55.9 Å². The lowest BCUT2D eigenvalue weighted by Gasteiger charge is -2.31. The molecule has 1 aliphatic rings. The Balaban J connectivity index is 1.53. The van der Waals surface area contributed by atoms with Gasteiger partial charge in [0, 0.05) is 24.7 Å². The van der Waals surface area contributed by atoms with E-state index in [-0.39, 0.29) is 28.7 Å². The summed E-state index contributed by atoms with van der Waals surface area (Å²) in [6.45, 7) is 2.81. The van der Waals surface area contributed by atoms with E-state index < -0.39 is 16.0 Å². The summed E-state index contributed by atoms with van der Waals surface area (Å²) in [5, 5.41) is 3.74. The number of piperidine rings is 1. The third kappa shape index (κ3) is 5.15. The van der Waals surface area contributed by atoms with Gasteiger partial charge in [-0.25, -0.2) is 13.2 Å². The third-order valence-corrected chi connectivity index (χ3v) is 7.92. The zero-order valence-corrected chi connectivity index (χ0v) is 20.1. The van der Waals surface area contributed by atoms with Gasteiger partial charge in [0.05, 0.1) is 13.7 Å². The predicted octanol–water partition coefficient (Wildman–Crippen LogP) is 4.17. The first-order chi connectivity index (χ1) is 16.4. The summed E-state index contributed by atoms with van der Waals surface area (Å²) in [6, 6.07) is 16.4. The van der Waals surface area contributed by atoms with Crippen LogP contribution in [0, 0.1) is 5.92 Å². The lowest BCUT2D eigenvalue weighted by atomic mass is 9.91. The summed E-state index contributed by atoms with van der Waals surface area (Å²) in [7, 11) is -2.36. The molecule has 0 aliphatic carbocycles. The van der Waals surface area contributed by atoms with Crippen molar-refractivity contribution < 1.29 is 27.2 Å². The maximum Gasteiger partial charge on any atom is 0.360 e. The second kappa shape index (κ2) is 10.4. The van der Waals surface area contributed by atoms with Gasteiger partial charge in [-0.15, -0.1) is 0 Å². The van der Waals surface area contributed by atoms with Crippen molar-refractivity contribution >= 4 is 16.0 Å². The molecule has 0 amide bonds. The average molecular weight is 485 g/mol. The van der Waals surface area contributed by atoms with E-state index in [1.165, 1.54) is 29.1 Å². The molecule has 0 N–H and O–H groups in total. The summed E-state index contributed by atoms with van der Waals surface area (Å²) < 4.78 is 44.2. The van der Waals surface area contributed by atoms with Crippen LogP contribution in [0.4, 0.5) is 0 Å². The van der Waals surface area contributed by atoms with Crippen LogP contribution < -0.4 is 4.74 Å². The number of benzene rings is 2. The SMILES string of the molecule is CCOC(=O)c1cc(-c2ccc(OC)c(S(=O)(=O)N3CCC(Cc4ccccc4)CC3)c2)on1. The molecule has 9 heteroatoms. The summed E-state index contributed by atoms with van der Waals surface area (Å²) >= 11 is 0. The van der Waals surface area contributed by atoms with Gasteiger partial charge in [0.15, 0.2) is 11.5 Å². The van der Waals surface area contributed by atoms with Gasteiger partial charge in [-0.2, -0.15) is 4.31 Å². The molecule has 4 rings (SSSR count). The number of rotatable bonds is 8. The van der Waals surface area contributed by atoms with Gasteiger partial charge in [-0.1, -0.05) is 35.5 Å². The van der Waals surface area contributed by atoms with Crippen LogP contribution in [-0.2, 0) is 21.2 Å². The standard InChI is InChI=1S/C25H28N2O6S/c1-3-32-25(28)21-17-23(33-26-21)20-9-10-22(31-2)24(16-20)34(29,30)27-13-11-19(12-14-27)15-18-7-5-4-6-8-18/h4-10,16-17,19H,3,11-15H2,1-2H3. The molecule has 0 unspecified atom stereocenters. The summed E-state index contributed by atoms with van der Waals surface area (Å²) in [5.41, 5.74) is 1.77. The monoisotopic (exact) mass is 484 g/mol. The fourth-order valence-electron chi connectivity index (χ4n) is 4.18. The molecule has 0 atom stereocenters. The van der Waals surface area contributed by atoms with E-state index in [1.54, 1.807) is 19.1 Å². The molecule has 34 heavy (non-hydrogen) atoms. The molecule has 180 valence electrons. The van der Waals surface area contributed by atoms with Crippen LogP contribution in [0.5, 0.6) is 5.75 Å². The second-order valence-corrected chi connectivity index (χ2v) is 10.1. The first-order valence-corrected chi connectivity index (χ1v) is 12.7. The molecule has 1 aliphatic heterocycles. The first kappa shape index (κ1) is 24.0. The Hall–Kier alpha value is -3.17. The Kier molecular flexibility index (Phi) is 7.33. The Morgan fingerprint density at radius 3 is 2.53 bits per heavy atom. The molecule has 8 nitrogen and oxygen atoms in total. The zero-order chi connectivity index (χ0) is 24.1. The molecule has 0 spiro atoms. The number of methoxy groups -OCH3 is 1. The average Bonchev–Trinajstić information content (AvgIpc) is 3.35. The largest absolute Gasteiger partial charge is 0.495 e. The molecule has 2 aromatic carbocycles. The van der Waals surface area contributed by atoms with Gasteiger partial charge in [-0.3, -0.25) is 0 Å². The van der Waals surface area contributed by atoms with Gasteiger partial charge in [0.25, 0.3) is 0 Å². The van der Waals surface area contributed by atoms with Crippen molar-refractivity contribution in [2.24, 2.45) is 5.92 Å². The van der Waals surface area contributed by atoms with Crippen molar-refractivity contribution in [1.29, 1.82) is 0 Å². The number of esters is 1. The van der Waals surface area contributed by atoms with Crippen molar-refractivity contribution in [3.05, 3.63) is 65.9 Å². The van der Waals surface area contributed by atoms with Crippen molar-refractivity contribution in [2.45, 2.75) is 31.1 Å². The molecular weight excluding hydrogens is 456 g/mol. The highest BCUT2D eigenvalue weighted by Gasteiger charge is 2.32. The minimum absolute atomic E-state index is 0.0255. The number of sulfonamides is 1. The van der Waals surface area contributed by atoms with E-state index >= 15 is 0 Å². The van der Waals surface area contributed by atoms with Crippen LogP contribution >= 0.6 is 0 Å². The topological polar surface area (TPSA) is 98.9 Å². The first-order valence-electron chi connectivity index (χ1n) is 11.3. The molecule has 0 radical (unpaired) electrons. The maximum atomic E-state index is 13.5. The predicted molar refractivity (Wildman–Crippen MR) is 126 cm³/mol. The minimum atomic E-state index is -3.80. The van der Waals surface area contributed by atoms with Crippen molar-refractivity contribution in [3.63, 3.8) is 0 Å². The second-order valence-electron chi connectivity index (χ2n) is 8.20. The molecule has 0 bridgehead atoms. The Morgan fingerprint density at radius 1 is 1.12 bits per heavy atom. The highest BCUT2D eigenvalue weighted by atomic mass is 32.2. The smallest absolute Gasteiger partial charge is 0.360 e. The molecular formula is C25H28N2O6S. The Labute approximate surface area is 199 Å². The van der Waals surface area contributed by atoms with E-state index in [1.807, 2.05) is 18.2 Å². The Bertz CT molecular complexity index is 1230. The van der Waals surface area contributed by atoms with Crippen LogP contribution in [0.3, 0.4) is 0 Å². The maximum absolute atomic E-state index is 13.5. The molecule has 3 aromatic rings. The van der Waals surface area contributed by atoms with Crippen LogP contribution in [0.1, 0.15) is 35.8 Å². The number of hydrogen-bond acceptors (Lipinski definition) is 7. The van der Waals surface area contributed by atoms with Gasteiger partial charge >= 0.3 is 5.97 Å². The van der Waals surface area contributed by atoms with E-state index in [0.717, 1.165) is 19.3 Å². The van der Waals surface area contributed by atoms with E-state index in [9.17, 15) is 13.2 Å². The van der Waals surface area contributed by atoms with E-state index in [0.29, 0.717) is 24.6 Å². The molecule has 1 saturated heterocycles. The van der Waals surface area contributed by atoms with Crippen molar-refractivity contribution in [2.75, 3.05) is 26.8 Å². The highest BCUT2D eigenvalue weighted by molar-refractivity contribution is 7.89. The molecule has 2 heterocycles. The van der Waals surface area contributed by atoms with Crippen LogP contribution in [-0.4, -0.2) is 50.7 Å². The molecule has 1 aromatic heterocycles. The summed E-state index contributed by atoms with van der Waals surface area (Å²) in [4.78, 5) is 12.0. The third-order valence-electron chi connectivity index (χ3n) is 6.00. The van der Waals surface area contributed by atoms with Gasteiger partial charge in [0.1, 0.15) is 10.6 Å². The molecule has 0 saturated carbocycles. The number of carbonyl (C=O) groups excluding carboxylic acids is 1. The summed E-state index contributed by atoms with van der Waals surface area (Å²) in [5.74, 6) is 0.360. The van der Waals surface area contributed by atoms with Crippen LogP contribution in [0.2, 0.25) is 0 Å². The normalized spacial score (nSPS) is 15.2. The van der Waals surface area contributed by atoms with E-state index in [4.69, 9.17) is 14.0 Å². The lowest BCUT2D eigenvalue weighted by Crippen LogP contribution is -2.39. The zero-order valence-electron chi connectivity index (χ0n) is 19.3. The number of aromatic nitrogens is 1. The van der Waals surface area contributed by atoms with Crippen molar-refractivity contribution in [1.82, 2.24) is 9.46 Å². The fourth-order valence-corrected chi connectivity index (χ4v) is 5.84. The Morgan fingerprint density at radius 2 is 1.85 bits per heavy atom. The lowest BCUT2D eigenvalue weighted by molar-refractivity contribution is 0.0514. The fraction of sp³-hybridized carbons (Fsp3) is 0.360. The quantitative estimate of drug-likeness (QED) is 0.443. The number of carbonyl (C=O) groups is 1. The van der Waals surface area contributed by atoms with Crippen LogP contribution in [0.25, 0.3) is 11.3 Å². The highest BCUT2D eigenvalue weighted by Crippen LogP contribution is 2.34. The number of hydrogen-bond donors (Lipinski definition) is 0. The minimum Gasteiger partial charge on any atom is -0.495 e. The molecule has 1 fully saturated rings. The van der Waals surface area contributed by atoms with Gasteiger partial charge in [0.2, 0.25) is 10.0 Å². The van der Waals surface area contributed by atoms with Crippen molar-refractivity contribution in [3.8, 4) is 17.1 Å². The summed E-state index contributed by atoms with van der Waals surface area (Å²) in [6.07, 6.45) is 2.53. The van der Waals surface area contributed by atoms with E-state index in [2.05, 4.69) is 17.3 Å². The van der Waals surface area contributed by atoms with Crippen LogP contribution in [0.15, 0.2) is 64.0 Å². The van der Waals surface area contributed by atoms with Gasteiger partial charge < -0.3 is 14.0 Å². The number of ether oxygens (including phenoxy) is 2. The number of nitrogens with zero attached hydrogens (tertiary/aromatic N) is 2.